The number of nitrogens with zero attached hydrogens (tertiary/aromatic N) is 5. The molecule has 3 aromatic rings. The number of amides is 1. The largest absolute Gasteiger partial charge is 0.309 e. The summed E-state index contributed by atoms with van der Waals surface area (Å²) in [5.41, 5.74) is 1.31. The molecular weight excluding hydrogens is 324 g/mol. The first-order valence-corrected chi connectivity index (χ1v) is 7.57. The third-order valence-corrected chi connectivity index (χ3v) is 3.69. The van der Waals surface area contributed by atoms with E-state index < -0.39 is 11.0 Å². The van der Waals surface area contributed by atoms with Crippen LogP contribution in [0.4, 0.5) is 11.5 Å². The Labute approximate surface area is 143 Å². The third kappa shape index (κ3) is 3.39. The molecule has 0 saturated carbocycles. The second-order valence-corrected chi connectivity index (χ2v) is 5.51. The molecule has 1 unspecified atom stereocenters. The van der Waals surface area contributed by atoms with Gasteiger partial charge in [0.25, 0.3) is 5.69 Å². The van der Waals surface area contributed by atoms with E-state index in [1.807, 2.05) is 0 Å². The Kier molecular flexibility index (Phi) is 4.29. The van der Waals surface area contributed by atoms with Gasteiger partial charge in [0, 0.05) is 30.6 Å². The lowest BCUT2D eigenvalue weighted by Crippen LogP contribution is -2.25. The molecule has 2 aromatic heterocycles. The summed E-state index contributed by atoms with van der Waals surface area (Å²) in [6.45, 7) is 3.54. The summed E-state index contributed by atoms with van der Waals surface area (Å²) in [7, 11) is 0. The number of nitro groups is 1. The minimum absolute atomic E-state index is 0.00878. The summed E-state index contributed by atoms with van der Waals surface area (Å²) in [4.78, 5) is 22.7. The zero-order valence-electron chi connectivity index (χ0n) is 13.7. The van der Waals surface area contributed by atoms with Crippen molar-refractivity contribution in [3.8, 4) is 5.69 Å². The molecule has 25 heavy (non-hydrogen) atoms. The van der Waals surface area contributed by atoms with Crippen LogP contribution in [0.2, 0.25) is 0 Å². The number of hydrogen-bond acceptors (Lipinski definition) is 5. The Bertz CT molecular complexity index is 899. The molecule has 0 spiro atoms. The monoisotopic (exact) mass is 340 g/mol. The van der Waals surface area contributed by atoms with E-state index in [2.05, 4.69) is 15.5 Å². The zero-order chi connectivity index (χ0) is 18.0. The minimum atomic E-state index is -0.490. The SMILES string of the molecule is Cc1cc(NC(=O)C(C)n2cccn2)n(-c2ccc([N+](=O)[O-])cc2)n1. The molecule has 0 aliphatic carbocycles. The van der Waals surface area contributed by atoms with E-state index >= 15 is 0 Å². The first kappa shape index (κ1) is 16.4. The number of non-ortho nitro benzene ring substituents is 1. The predicted octanol–water partition coefficient (Wildman–Crippen LogP) is 2.49. The maximum Gasteiger partial charge on any atom is 0.269 e. The number of nitrogens with one attached hydrogen (secondary N) is 1. The highest BCUT2D eigenvalue weighted by molar-refractivity contribution is 5.93. The standard InChI is InChI=1S/C16H16N6O3/c1-11-10-15(18-16(23)12(2)20-9-3-8-17-20)21(19-11)13-4-6-14(7-5-13)22(24)25/h3-10,12H,1-2H3,(H,18,23). The van der Waals surface area contributed by atoms with Crippen molar-refractivity contribution >= 4 is 17.4 Å². The lowest BCUT2D eigenvalue weighted by atomic mass is 10.3. The summed E-state index contributed by atoms with van der Waals surface area (Å²) in [5, 5.41) is 22.0. The fourth-order valence-corrected chi connectivity index (χ4v) is 2.36. The Morgan fingerprint density at radius 2 is 2.04 bits per heavy atom. The number of rotatable bonds is 5. The van der Waals surface area contributed by atoms with Crippen LogP contribution in [-0.2, 0) is 4.79 Å². The summed E-state index contributed by atoms with van der Waals surface area (Å²) in [5.74, 6) is 0.238. The molecule has 0 fully saturated rings. The maximum atomic E-state index is 12.4. The fraction of sp³-hybridized carbons (Fsp3) is 0.188. The number of aromatic nitrogens is 4. The van der Waals surface area contributed by atoms with E-state index in [0.29, 0.717) is 17.2 Å². The minimum Gasteiger partial charge on any atom is -0.309 e. The summed E-state index contributed by atoms with van der Waals surface area (Å²) < 4.78 is 3.08. The first-order valence-electron chi connectivity index (χ1n) is 7.57. The van der Waals surface area contributed by atoms with E-state index in [1.165, 1.54) is 16.8 Å². The predicted molar refractivity (Wildman–Crippen MR) is 90.5 cm³/mol. The molecule has 0 bridgehead atoms. The van der Waals surface area contributed by atoms with Gasteiger partial charge in [0.1, 0.15) is 11.9 Å². The lowest BCUT2D eigenvalue weighted by molar-refractivity contribution is -0.384. The maximum absolute atomic E-state index is 12.4. The quantitative estimate of drug-likeness (QED) is 0.567. The topological polar surface area (TPSA) is 108 Å². The molecule has 128 valence electrons. The number of aryl methyl sites for hydroxylation is 1. The highest BCUT2D eigenvalue weighted by Gasteiger charge is 2.18. The Hall–Kier alpha value is -3.49. The molecule has 1 atom stereocenters. The third-order valence-electron chi connectivity index (χ3n) is 3.69. The van der Waals surface area contributed by atoms with Gasteiger partial charge in [-0.1, -0.05) is 0 Å². The van der Waals surface area contributed by atoms with Crippen molar-refractivity contribution in [1.29, 1.82) is 0 Å². The number of carbonyl (C=O) groups is 1. The summed E-state index contributed by atoms with van der Waals surface area (Å²) >= 11 is 0. The second-order valence-electron chi connectivity index (χ2n) is 5.51. The number of hydrogen-bond donors (Lipinski definition) is 1. The van der Waals surface area contributed by atoms with Crippen molar-refractivity contribution in [2.24, 2.45) is 0 Å². The average Bonchev–Trinajstić information content (AvgIpc) is 3.24. The fourth-order valence-electron chi connectivity index (χ4n) is 2.36. The first-order chi connectivity index (χ1) is 12.0. The van der Waals surface area contributed by atoms with Crippen molar-refractivity contribution in [2.75, 3.05) is 5.32 Å². The second kappa shape index (κ2) is 6.56. The molecule has 9 heteroatoms. The van der Waals surface area contributed by atoms with Crippen molar-refractivity contribution < 1.29 is 9.72 Å². The molecular formula is C16H16N6O3. The normalized spacial score (nSPS) is 11.9. The van der Waals surface area contributed by atoms with Gasteiger partial charge in [0.2, 0.25) is 5.91 Å². The smallest absolute Gasteiger partial charge is 0.269 e. The van der Waals surface area contributed by atoms with Gasteiger partial charge in [-0.15, -0.1) is 0 Å². The van der Waals surface area contributed by atoms with Gasteiger partial charge in [-0.25, -0.2) is 4.68 Å². The van der Waals surface area contributed by atoms with Crippen LogP contribution in [0.5, 0.6) is 0 Å². The Balaban J connectivity index is 1.86. The van der Waals surface area contributed by atoms with Crippen LogP contribution in [0.3, 0.4) is 0 Å². The van der Waals surface area contributed by atoms with E-state index in [-0.39, 0.29) is 11.6 Å². The molecule has 1 amide bonds. The molecule has 0 saturated heterocycles. The molecule has 3 rings (SSSR count). The van der Waals surface area contributed by atoms with Gasteiger partial charge < -0.3 is 5.32 Å². The molecule has 2 heterocycles. The summed E-state index contributed by atoms with van der Waals surface area (Å²) in [6.07, 6.45) is 3.32. The molecule has 9 nitrogen and oxygen atoms in total. The highest BCUT2D eigenvalue weighted by Crippen LogP contribution is 2.21. The number of carbonyl (C=O) groups excluding carboxylic acids is 1. The average molecular weight is 340 g/mol. The van der Waals surface area contributed by atoms with Gasteiger partial charge in [-0.2, -0.15) is 10.2 Å². The lowest BCUT2D eigenvalue weighted by Gasteiger charge is -2.13. The van der Waals surface area contributed by atoms with Crippen LogP contribution in [0.25, 0.3) is 5.69 Å². The molecule has 1 N–H and O–H groups in total. The molecule has 0 aliphatic heterocycles. The number of nitro benzene ring substituents is 1. The molecule has 0 radical (unpaired) electrons. The van der Waals surface area contributed by atoms with E-state index in [4.69, 9.17) is 0 Å². The zero-order valence-corrected chi connectivity index (χ0v) is 13.7. The van der Waals surface area contributed by atoms with Crippen LogP contribution in [-0.4, -0.2) is 30.4 Å². The van der Waals surface area contributed by atoms with Gasteiger partial charge in [-0.05, 0) is 32.0 Å². The van der Waals surface area contributed by atoms with Crippen molar-refractivity contribution in [1.82, 2.24) is 19.6 Å². The Morgan fingerprint density at radius 1 is 1.32 bits per heavy atom. The molecule has 0 aliphatic rings. The van der Waals surface area contributed by atoms with E-state index in [9.17, 15) is 14.9 Å². The van der Waals surface area contributed by atoms with Crippen LogP contribution in [0, 0.1) is 17.0 Å². The number of benzene rings is 1. The van der Waals surface area contributed by atoms with Crippen LogP contribution < -0.4 is 5.32 Å². The van der Waals surface area contributed by atoms with Crippen LogP contribution >= 0.6 is 0 Å². The van der Waals surface area contributed by atoms with Crippen molar-refractivity contribution in [3.05, 3.63) is 64.6 Å². The van der Waals surface area contributed by atoms with Crippen molar-refractivity contribution in [3.63, 3.8) is 0 Å². The van der Waals surface area contributed by atoms with Gasteiger partial charge >= 0.3 is 0 Å². The Morgan fingerprint density at radius 3 is 2.64 bits per heavy atom. The van der Waals surface area contributed by atoms with Gasteiger partial charge in [-0.3, -0.25) is 19.6 Å². The van der Waals surface area contributed by atoms with E-state index in [0.717, 1.165) is 0 Å². The summed E-state index contributed by atoms with van der Waals surface area (Å²) in [6, 6.07) is 8.93. The van der Waals surface area contributed by atoms with Crippen LogP contribution in [0.1, 0.15) is 18.7 Å². The highest BCUT2D eigenvalue weighted by atomic mass is 16.6. The van der Waals surface area contributed by atoms with E-state index in [1.54, 1.807) is 55.2 Å². The van der Waals surface area contributed by atoms with Gasteiger partial charge in [0.15, 0.2) is 0 Å². The number of anilines is 1. The van der Waals surface area contributed by atoms with Crippen LogP contribution in [0.15, 0.2) is 48.8 Å². The van der Waals surface area contributed by atoms with Gasteiger partial charge in [0.05, 0.1) is 16.3 Å². The molecule has 1 aromatic carbocycles. The van der Waals surface area contributed by atoms with Crippen molar-refractivity contribution in [2.45, 2.75) is 19.9 Å².